The molecule has 0 saturated carbocycles. The van der Waals surface area contributed by atoms with E-state index in [0.29, 0.717) is 46.0 Å². The lowest BCUT2D eigenvalue weighted by molar-refractivity contribution is 0.0982. The fraction of sp³-hybridized carbons (Fsp3) is 0.459. The Bertz CT molecular complexity index is 2000. The topological polar surface area (TPSA) is 132 Å². The summed E-state index contributed by atoms with van der Waals surface area (Å²) in [5.41, 5.74) is 6.90. The van der Waals surface area contributed by atoms with E-state index >= 15 is 0 Å². The summed E-state index contributed by atoms with van der Waals surface area (Å²) in [7, 11) is 1.77. The number of benzene rings is 2. The van der Waals surface area contributed by atoms with Crippen LogP contribution in [0.25, 0.3) is 17.1 Å². The van der Waals surface area contributed by atoms with Crippen molar-refractivity contribution in [2.24, 2.45) is 0 Å². The molecule has 2 fully saturated rings. The van der Waals surface area contributed by atoms with Gasteiger partial charge in [0.05, 0.1) is 30.3 Å². The molecule has 51 heavy (non-hydrogen) atoms. The van der Waals surface area contributed by atoms with E-state index in [0.717, 1.165) is 81.6 Å². The molecule has 0 spiro atoms. The van der Waals surface area contributed by atoms with E-state index < -0.39 is 10.0 Å². The van der Waals surface area contributed by atoms with Gasteiger partial charge in [-0.25, -0.2) is 13.4 Å². The number of hydrogen-bond acceptors (Lipinski definition) is 12. The minimum absolute atomic E-state index is 0.364. The Morgan fingerprint density at radius 3 is 2.39 bits per heavy atom. The molecule has 0 amide bonds. The summed E-state index contributed by atoms with van der Waals surface area (Å²) in [6, 6.07) is 8.51. The molecule has 4 aromatic rings. The Morgan fingerprint density at radius 1 is 1.00 bits per heavy atom. The summed E-state index contributed by atoms with van der Waals surface area (Å²) >= 11 is 0. The van der Waals surface area contributed by atoms with Crippen LogP contribution in [0.15, 0.2) is 48.4 Å². The lowest BCUT2D eigenvalue weighted by Crippen LogP contribution is -2.52. The van der Waals surface area contributed by atoms with Crippen molar-refractivity contribution in [1.82, 2.24) is 29.7 Å². The lowest BCUT2D eigenvalue weighted by atomic mass is 9.99. The van der Waals surface area contributed by atoms with Gasteiger partial charge in [0.2, 0.25) is 16.0 Å². The number of fused-ring (bicyclic) bond motifs is 1. The average Bonchev–Trinajstić information content (AvgIpc) is 3.12. The van der Waals surface area contributed by atoms with Crippen LogP contribution >= 0.6 is 0 Å². The number of likely N-dealkylation sites (N-methyl/N-ethyl adjacent to an activating group) is 1. The van der Waals surface area contributed by atoms with Crippen molar-refractivity contribution in [2.45, 2.75) is 46.1 Å². The van der Waals surface area contributed by atoms with Crippen molar-refractivity contribution in [3.8, 4) is 5.75 Å². The zero-order valence-corrected chi connectivity index (χ0v) is 31.6. The number of rotatable bonds is 11. The summed E-state index contributed by atoms with van der Waals surface area (Å²) in [6.07, 6.45) is 11.2. The van der Waals surface area contributed by atoms with Gasteiger partial charge in [0.1, 0.15) is 22.8 Å². The van der Waals surface area contributed by atoms with Gasteiger partial charge in [-0.15, -0.1) is 0 Å². The summed E-state index contributed by atoms with van der Waals surface area (Å²) in [5.74, 6) is 1.57. The molecule has 0 atom stereocenters. The van der Waals surface area contributed by atoms with Crippen molar-refractivity contribution in [2.75, 3.05) is 86.6 Å². The Hall–Kier alpha value is -4.53. The minimum Gasteiger partial charge on any atom is -0.494 e. The third kappa shape index (κ3) is 8.18. The number of anilines is 6. The fourth-order valence-electron chi connectivity index (χ4n) is 6.94. The normalized spacial score (nSPS) is 16.3. The van der Waals surface area contributed by atoms with Crippen LogP contribution in [0.5, 0.6) is 5.75 Å². The second kappa shape index (κ2) is 15.4. The number of allylic oxidation sites excluding steroid dienone is 1. The van der Waals surface area contributed by atoms with Crippen LogP contribution in [0.2, 0.25) is 0 Å². The number of nitrogens with zero attached hydrogens (tertiary/aromatic N) is 8. The molecule has 2 N–H and O–H groups in total. The summed E-state index contributed by atoms with van der Waals surface area (Å²) in [5, 5.41) is 6.81. The second-order valence-corrected chi connectivity index (χ2v) is 15.7. The molecule has 272 valence electrons. The van der Waals surface area contributed by atoms with Gasteiger partial charge in [-0.3, -0.25) is 19.2 Å². The van der Waals surface area contributed by atoms with Crippen LogP contribution in [0.1, 0.15) is 44.7 Å². The molecule has 6 rings (SSSR count). The van der Waals surface area contributed by atoms with E-state index in [1.807, 2.05) is 19.9 Å². The molecule has 2 aliphatic rings. The van der Waals surface area contributed by atoms with Gasteiger partial charge in [0.25, 0.3) is 0 Å². The standard InChI is InChI=1S/C37H50N10O3S/c1-8-26-22-31(33(50-6)23-32(26)47-15-11-28(12-16-47)46-19-17-44(4)18-20-46)42-37-40-24-27(21-25(2)3)36(43-37)41-30-10-9-29-34(39-14-13-38-29)35(30)45(5)51(7,48)49/h9-10,13-14,21-24,28H,8,11-12,15-20H2,1-7H3,(H2,40,41,42,43). The first-order valence-electron chi connectivity index (χ1n) is 17.6. The van der Waals surface area contributed by atoms with Crippen LogP contribution < -0.4 is 24.6 Å². The van der Waals surface area contributed by atoms with Crippen molar-refractivity contribution in [1.29, 1.82) is 0 Å². The van der Waals surface area contributed by atoms with Crippen LogP contribution in [0.4, 0.5) is 34.5 Å². The molecule has 2 aliphatic heterocycles. The number of nitrogens with one attached hydrogen (secondary N) is 2. The Balaban J connectivity index is 1.29. The molecule has 0 unspecified atom stereocenters. The van der Waals surface area contributed by atoms with Gasteiger partial charge in [-0.1, -0.05) is 18.6 Å². The first-order valence-corrected chi connectivity index (χ1v) is 19.4. The van der Waals surface area contributed by atoms with E-state index in [-0.39, 0.29) is 0 Å². The zero-order chi connectivity index (χ0) is 36.3. The van der Waals surface area contributed by atoms with E-state index in [2.05, 4.69) is 66.4 Å². The molecular weight excluding hydrogens is 665 g/mol. The lowest BCUT2D eigenvalue weighted by Gasteiger charge is -2.43. The maximum atomic E-state index is 12.8. The van der Waals surface area contributed by atoms with Gasteiger partial charge >= 0.3 is 0 Å². The largest absolute Gasteiger partial charge is 0.494 e. The highest BCUT2D eigenvalue weighted by atomic mass is 32.2. The summed E-state index contributed by atoms with van der Waals surface area (Å²) in [6.45, 7) is 12.8. The number of aromatic nitrogens is 4. The van der Waals surface area contributed by atoms with Crippen LogP contribution in [-0.2, 0) is 16.4 Å². The van der Waals surface area contributed by atoms with Crippen LogP contribution in [0.3, 0.4) is 0 Å². The highest BCUT2D eigenvalue weighted by molar-refractivity contribution is 7.92. The molecule has 0 radical (unpaired) electrons. The van der Waals surface area contributed by atoms with Crippen molar-refractivity contribution in [3.05, 3.63) is 59.6 Å². The summed E-state index contributed by atoms with van der Waals surface area (Å²) < 4.78 is 32.7. The molecule has 2 saturated heterocycles. The molecular formula is C37H50N10O3S. The SMILES string of the molecule is CCc1cc(Nc2ncc(C=C(C)C)c(Nc3ccc4nccnc4c3N(C)S(C)(=O)=O)n2)c(OC)cc1N1CCC(N2CCN(C)CC2)CC1. The van der Waals surface area contributed by atoms with Gasteiger partial charge in [-0.2, -0.15) is 4.98 Å². The number of hydrogen-bond donors (Lipinski definition) is 2. The smallest absolute Gasteiger partial charge is 0.232 e. The zero-order valence-electron chi connectivity index (χ0n) is 30.8. The number of methoxy groups -OCH3 is 1. The number of ether oxygens (including phenoxy) is 1. The quantitative estimate of drug-likeness (QED) is 0.203. The third-order valence-electron chi connectivity index (χ3n) is 9.83. The predicted molar refractivity (Wildman–Crippen MR) is 207 cm³/mol. The van der Waals surface area contributed by atoms with Gasteiger partial charge in [-0.05, 0) is 63.9 Å². The molecule has 4 heterocycles. The minimum atomic E-state index is -3.63. The van der Waals surface area contributed by atoms with Crippen molar-refractivity contribution >= 4 is 61.6 Å². The Kier molecular flexibility index (Phi) is 10.9. The second-order valence-electron chi connectivity index (χ2n) is 13.7. The van der Waals surface area contributed by atoms with Crippen molar-refractivity contribution < 1.29 is 13.2 Å². The van der Waals surface area contributed by atoms with Crippen LogP contribution in [-0.4, -0.2) is 111 Å². The number of aryl methyl sites for hydroxylation is 1. The predicted octanol–water partition coefficient (Wildman–Crippen LogP) is 5.51. The first-order chi connectivity index (χ1) is 24.4. The van der Waals surface area contributed by atoms with Gasteiger partial charge in [0, 0.05) is 88.3 Å². The molecule has 0 bridgehead atoms. The Labute approximate surface area is 301 Å². The number of sulfonamides is 1. The van der Waals surface area contributed by atoms with Crippen molar-refractivity contribution in [3.63, 3.8) is 0 Å². The molecule has 2 aromatic heterocycles. The highest BCUT2D eigenvalue weighted by Gasteiger charge is 2.28. The molecule has 14 heteroatoms. The van der Waals surface area contributed by atoms with E-state index in [4.69, 9.17) is 9.72 Å². The van der Waals surface area contributed by atoms with Crippen LogP contribution in [0, 0.1) is 0 Å². The number of piperidine rings is 1. The van der Waals surface area contributed by atoms with E-state index in [1.165, 1.54) is 22.6 Å². The maximum Gasteiger partial charge on any atom is 0.232 e. The van der Waals surface area contributed by atoms with E-state index in [9.17, 15) is 8.42 Å². The maximum absolute atomic E-state index is 12.8. The highest BCUT2D eigenvalue weighted by Crippen LogP contribution is 2.39. The Morgan fingerprint density at radius 2 is 1.73 bits per heavy atom. The molecule has 0 aliphatic carbocycles. The summed E-state index contributed by atoms with van der Waals surface area (Å²) in [4.78, 5) is 26.0. The fourth-order valence-corrected chi connectivity index (χ4v) is 7.46. The monoisotopic (exact) mass is 714 g/mol. The average molecular weight is 715 g/mol. The third-order valence-corrected chi connectivity index (χ3v) is 11.0. The van der Waals surface area contributed by atoms with E-state index in [1.54, 1.807) is 37.8 Å². The molecule has 2 aromatic carbocycles. The van der Waals surface area contributed by atoms with Gasteiger partial charge < -0.3 is 25.2 Å². The first kappa shape index (κ1) is 36.3. The number of piperazine rings is 1. The van der Waals surface area contributed by atoms with Gasteiger partial charge in [0.15, 0.2) is 0 Å². The molecule has 13 nitrogen and oxygen atoms in total.